The smallest absolute Gasteiger partial charge is 0.316 e. The molecule has 2 heterocycles. The van der Waals surface area contributed by atoms with E-state index in [0.29, 0.717) is 18.2 Å². The monoisotopic (exact) mass is 509 g/mol. The molecule has 1 aromatic heterocycles. The second-order valence-corrected chi connectivity index (χ2v) is 10.3. The lowest BCUT2D eigenvalue weighted by molar-refractivity contribution is 0.245. The van der Waals surface area contributed by atoms with Gasteiger partial charge < -0.3 is 15.8 Å². The maximum atomic E-state index is 11.4. The molecule has 7 heteroatoms. The van der Waals surface area contributed by atoms with Gasteiger partial charge in [-0.3, -0.25) is 4.90 Å². The number of amides is 2. The first-order valence-corrected chi connectivity index (χ1v) is 13.2. The molecule has 1 aliphatic heterocycles. The van der Waals surface area contributed by atoms with E-state index in [1.165, 1.54) is 11.1 Å². The molecular weight excluding hydrogens is 474 g/mol. The molecule has 0 unspecified atom stereocenters. The van der Waals surface area contributed by atoms with Gasteiger partial charge in [0, 0.05) is 42.9 Å². The number of nitrogens with zero attached hydrogens (tertiary/aromatic N) is 3. The van der Waals surface area contributed by atoms with Crippen LogP contribution in [0.5, 0.6) is 5.75 Å². The average Bonchev–Trinajstić information content (AvgIpc) is 3.26. The Morgan fingerprint density at radius 1 is 1.05 bits per heavy atom. The number of urea groups is 1. The Morgan fingerprint density at radius 2 is 1.82 bits per heavy atom. The highest BCUT2D eigenvalue weighted by atomic mass is 16.5. The number of nitrogens with two attached hydrogens (primary N) is 1. The number of rotatable bonds is 8. The Hall–Kier alpha value is -4.10. The normalized spacial score (nSPS) is 13.4. The molecule has 0 fully saturated rings. The van der Waals surface area contributed by atoms with Gasteiger partial charge in [-0.1, -0.05) is 68.4 Å². The molecule has 38 heavy (non-hydrogen) atoms. The third-order valence-electron chi connectivity index (χ3n) is 6.77. The van der Waals surface area contributed by atoms with Gasteiger partial charge in [0.1, 0.15) is 11.4 Å². The molecule has 5 rings (SSSR count). The molecule has 2 amide bonds. The zero-order valence-corrected chi connectivity index (χ0v) is 22.3. The summed E-state index contributed by atoms with van der Waals surface area (Å²) in [5.74, 6) is 1.23. The first-order chi connectivity index (χ1) is 18.4. The molecular formula is C31H35N5O2. The number of aryl methyl sites for hydroxylation is 1. The molecule has 0 aliphatic carbocycles. The highest BCUT2D eigenvalue weighted by molar-refractivity contribution is 5.88. The van der Waals surface area contributed by atoms with Crippen molar-refractivity contribution in [2.24, 2.45) is 11.7 Å². The molecule has 3 N–H and O–H groups in total. The van der Waals surface area contributed by atoms with Crippen molar-refractivity contribution in [2.45, 2.75) is 40.3 Å². The summed E-state index contributed by atoms with van der Waals surface area (Å²) in [5, 5.41) is 7.83. The maximum Gasteiger partial charge on any atom is 0.316 e. The first-order valence-electron chi connectivity index (χ1n) is 13.2. The van der Waals surface area contributed by atoms with Crippen molar-refractivity contribution in [1.29, 1.82) is 0 Å². The standard InChI is InChI=1S/C31H35N5O2/c1-21(2)20-38-28-11-7-8-22(3)29(28)36-30(24-12-14-25(15-13-24)33-31(32)37)26-19-35(17-16-27(26)34-36)18-23-9-5-4-6-10-23/h4-15,21H,16-20H2,1-3H3,(H3,32,33,37). The van der Waals surface area contributed by atoms with Gasteiger partial charge in [-0.25, -0.2) is 9.48 Å². The lowest BCUT2D eigenvalue weighted by Crippen LogP contribution is -2.29. The average molecular weight is 510 g/mol. The zero-order chi connectivity index (χ0) is 26.6. The van der Waals surface area contributed by atoms with E-state index in [4.69, 9.17) is 15.6 Å². The van der Waals surface area contributed by atoms with E-state index in [0.717, 1.165) is 60.0 Å². The number of anilines is 1. The highest BCUT2D eigenvalue weighted by Gasteiger charge is 2.28. The zero-order valence-electron chi connectivity index (χ0n) is 22.3. The highest BCUT2D eigenvalue weighted by Crippen LogP contribution is 2.37. The molecule has 4 aromatic rings. The lowest BCUT2D eigenvalue weighted by Gasteiger charge is -2.27. The van der Waals surface area contributed by atoms with E-state index in [2.05, 4.69) is 72.1 Å². The fourth-order valence-corrected chi connectivity index (χ4v) is 4.99. The number of primary amides is 1. The predicted octanol–water partition coefficient (Wildman–Crippen LogP) is 5.93. The summed E-state index contributed by atoms with van der Waals surface area (Å²) in [4.78, 5) is 13.8. The SMILES string of the molecule is Cc1cccc(OCC(C)C)c1-n1nc2c(c1-c1ccc(NC(N)=O)cc1)CN(Cc1ccccc1)CC2. The Bertz CT molecular complexity index is 1410. The van der Waals surface area contributed by atoms with Gasteiger partial charge >= 0.3 is 6.03 Å². The molecule has 0 bridgehead atoms. The Morgan fingerprint density at radius 3 is 2.53 bits per heavy atom. The number of carbonyl (C=O) groups is 1. The van der Waals surface area contributed by atoms with E-state index in [-0.39, 0.29) is 0 Å². The van der Waals surface area contributed by atoms with E-state index >= 15 is 0 Å². The van der Waals surface area contributed by atoms with Crippen LogP contribution in [0.15, 0.2) is 72.8 Å². The Kier molecular flexibility index (Phi) is 7.47. The third-order valence-corrected chi connectivity index (χ3v) is 6.77. The number of fused-ring (bicyclic) bond motifs is 1. The molecule has 196 valence electrons. The van der Waals surface area contributed by atoms with Crippen LogP contribution >= 0.6 is 0 Å². The predicted molar refractivity (Wildman–Crippen MR) is 152 cm³/mol. The summed E-state index contributed by atoms with van der Waals surface area (Å²) >= 11 is 0. The number of ether oxygens (including phenoxy) is 1. The van der Waals surface area contributed by atoms with E-state index in [9.17, 15) is 4.79 Å². The number of carbonyl (C=O) groups excluding carboxylic acids is 1. The second-order valence-electron chi connectivity index (χ2n) is 10.3. The van der Waals surface area contributed by atoms with Gasteiger partial charge in [0.15, 0.2) is 0 Å². The van der Waals surface area contributed by atoms with Crippen LogP contribution in [0, 0.1) is 12.8 Å². The van der Waals surface area contributed by atoms with Gasteiger partial charge in [0.25, 0.3) is 0 Å². The lowest BCUT2D eigenvalue weighted by atomic mass is 9.99. The molecule has 1 aliphatic rings. The largest absolute Gasteiger partial charge is 0.491 e. The second kappa shape index (κ2) is 11.1. The van der Waals surface area contributed by atoms with Crippen LogP contribution in [0.25, 0.3) is 16.9 Å². The van der Waals surface area contributed by atoms with Crippen LogP contribution in [0.2, 0.25) is 0 Å². The summed E-state index contributed by atoms with van der Waals surface area (Å²) in [6.45, 7) is 9.67. The third kappa shape index (κ3) is 5.58. The molecule has 3 aromatic carbocycles. The molecule has 0 atom stereocenters. The number of para-hydroxylation sites is 1. The van der Waals surface area contributed by atoms with Gasteiger partial charge in [0.05, 0.1) is 18.0 Å². The summed E-state index contributed by atoms with van der Waals surface area (Å²) in [6.07, 6.45) is 0.873. The molecule has 0 spiro atoms. The minimum Gasteiger partial charge on any atom is -0.491 e. The van der Waals surface area contributed by atoms with E-state index in [1.54, 1.807) is 0 Å². The maximum absolute atomic E-state index is 11.4. The summed E-state index contributed by atoms with van der Waals surface area (Å²) < 4.78 is 8.35. The summed E-state index contributed by atoms with van der Waals surface area (Å²) in [5.41, 5.74) is 13.8. The van der Waals surface area contributed by atoms with Gasteiger partial charge in [0.2, 0.25) is 0 Å². The number of benzene rings is 3. The summed E-state index contributed by atoms with van der Waals surface area (Å²) in [6, 6.07) is 23.9. The number of hydrogen-bond donors (Lipinski definition) is 2. The van der Waals surface area contributed by atoms with Crippen LogP contribution in [-0.4, -0.2) is 33.9 Å². The minimum atomic E-state index is -0.580. The van der Waals surface area contributed by atoms with Crippen molar-refractivity contribution in [3.63, 3.8) is 0 Å². The number of aromatic nitrogens is 2. The van der Waals surface area contributed by atoms with Gasteiger partial charge in [-0.2, -0.15) is 5.10 Å². The quantitative estimate of drug-likeness (QED) is 0.308. The fourth-order valence-electron chi connectivity index (χ4n) is 4.99. The van der Waals surface area contributed by atoms with Crippen LogP contribution < -0.4 is 15.8 Å². The van der Waals surface area contributed by atoms with Crippen molar-refractivity contribution in [3.8, 4) is 22.7 Å². The number of nitrogens with one attached hydrogen (secondary N) is 1. The van der Waals surface area contributed by atoms with Crippen molar-refractivity contribution in [1.82, 2.24) is 14.7 Å². The molecule has 0 saturated heterocycles. The van der Waals surface area contributed by atoms with Gasteiger partial charge in [-0.05, 0) is 42.2 Å². The van der Waals surface area contributed by atoms with Crippen LogP contribution in [-0.2, 0) is 19.5 Å². The number of hydrogen-bond acceptors (Lipinski definition) is 4. The van der Waals surface area contributed by atoms with Crippen molar-refractivity contribution >= 4 is 11.7 Å². The van der Waals surface area contributed by atoms with E-state index < -0.39 is 6.03 Å². The fraction of sp³-hybridized carbons (Fsp3) is 0.290. The minimum absolute atomic E-state index is 0.408. The van der Waals surface area contributed by atoms with Crippen LogP contribution in [0.4, 0.5) is 10.5 Å². The Balaban J connectivity index is 1.60. The van der Waals surface area contributed by atoms with Crippen LogP contribution in [0.1, 0.15) is 36.2 Å². The van der Waals surface area contributed by atoms with Crippen molar-refractivity contribution in [2.75, 3.05) is 18.5 Å². The molecule has 0 saturated carbocycles. The van der Waals surface area contributed by atoms with E-state index in [1.807, 2.05) is 36.4 Å². The van der Waals surface area contributed by atoms with Crippen LogP contribution in [0.3, 0.4) is 0 Å². The first kappa shape index (κ1) is 25.5. The van der Waals surface area contributed by atoms with Crippen molar-refractivity contribution in [3.05, 3.63) is 95.2 Å². The topological polar surface area (TPSA) is 85.4 Å². The van der Waals surface area contributed by atoms with Gasteiger partial charge in [-0.15, -0.1) is 0 Å². The summed E-state index contributed by atoms with van der Waals surface area (Å²) in [7, 11) is 0. The Labute approximate surface area is 224 Å². The molecule has 7 nitrogen and oxygen atoms in total. The van der Waals surface area contributed by atoms with Crippen molar-refractivity contribution < 1.29 is 9.53 Å². The molecule has 0 radical (unpaired) electrons.